The first-order valence-electron chi connectivity index (χ1n) is 4.27. The van der Waals surface area contributed by atoms with E-state index in [2.05, 4.69) is 36.7 Å². The number of alkyl halides is 1. The molecule has 0 aromatic rings. The Morgan fingerprint density at radius 3 is 1.90 bits per heavy atom. The van der Waals surface area contributed by atoms with Crippen molar-refractivity contribution in [3.8, 4) is 0 Å². The molecule has 62 valence electrons. The lowest BCUT2D eigenvalue weighted by atomic mass is 10.0. The summed E-state index contributed by atoms with van der Waals surface area (Å²) in [5.41, 5.74) is 0. The Hall–Kier alpha value is 0.480. The topological polar surface area (TPSA) is 0 Å². The van der Waals surface area contributed by atoms with E-state index < -0.39 is 0 Å². The van der Waals surface area contributed by atoms with Crippen molar-refractivity contribution in [3.63, 3.8) is 0 Å². The Kier molecular flexibility index (Phi) is 6.50. The van der Waals surface area contributed by atoms with Gasteiger partial charge in [0.15, 0.2) is 0 Å². The molecule has 0 saturated heterocycles. The second kappa shape index (κ2) is 6.21. The summed E-state index contributed by atoms with van der Waals surface area (Å²) in [6.45, 7) is 6.80. The smallest absolute Gasteiger partial charge is 0.0117 e. The van der Waals surface area contributed by atoms with Gasteiger partial charge >= 0.3 is 0 Å². The van der Waals surface area contributed by atoms with Gasteiger partial charge in [0.25, 0.3) is 0 Å². The molecule has 0 amide bonds. The second-order valence-corrected chi connectivity index (χ2v) is 5.02. The van der Waals surface area contributed by atoms with E-state index in [-0.39, 0.29) is 0 Å². The molecule has 1 heteroatoms. The van der Waals surface area contributed by atoms with Crippen LogP contribution in [0.4, 0.5) is 0 Å². The fraction of sp³-hybridized carbons (Fsp3) is 1.00. The minimum Gasteiger partial charge on any atom is -0.0894 e. The molecule has 1 atom stereocenters. The third-order valence-electron chi connectivity index (χ3n) is 1.63. The molecule has 0 heterocycles. The van der Waals surface area contributed by atoms with Crippen molar-refractivity contribution in [2.45, 2.75) is 51.3 Å². The largest absolute Gasteiger partial charge is 0.0894 e. The van der Waals surface area contributed by atoms with E-state index in [1.54, 1.807) is 0 Å². The van der Waals surface area contributed by atoms with Gasteiger partial charge in [0.05, 0.1) is 0 Å². The van der Waals surface area contributed by atoms with Gasteiger partial charge in [-0.2, -0.15) is 0 Å². The maximum atomic E-state index is 3.54. The maximum absolute atomic E-state index is 3.54. The van der Waals surface area contributed by atoms with Crippen molar-refractivity contribution in [1.82, 2.24) is 0 Å². The van der Waals surface area contributed by atoms with Crippen molar-refractivity contribution in [2.75, 3.05) is 0 Å². The van der Waals surface area contributed by atoms with Gasteiger partial charge in [-0.15, -0.1) is 0 Å². The first kappa shape index (κ1) is 10.5. The van der Waals surface area contributed by atoms with Crippen LogP contribution in [0.15, 0.2) is 0 Å². The highest BCUT2D eigenvalue weighted by atomic mass is 79.9. The van der Waals surface area contributed by atoms with Gasteiger partial charge in [0.1, 0.15) is 0 Å². The van der Waals surface area contributed by atoms with Crippen LogP contribution in [0.5, 0.6) is 0 Å². The summed E-state index contributed by atoms with van der Waals surface area (Å²) in [5.74, 6) is 0.880. The summed E-state index contributed by atoms with van der Waals surface area (Å²) in [7, 11) is 0. The summed E-state index contributed by atoms with van der Waals surface area (Å²) in [5, 5.41) is 0. The zero-order valence-corrected chi connectivity index (χ0v) is 8.95. The van der Waals surface area contributed by atoms with Gasteiger partial charge in [0, 0.05) is 4.83 Å². The lowest BCUT2D eigenvalue weighted by Crippen LogP contribution is -1.91. The molecule has 0 aromatic heterocycles. The molecule has 0 aromatic carbocycles. The zero-order chi connectivity index (χ0) is 7.98. The van der Waals surface area contributed by atoms with Crippen molar-refractivity contribution in [2.24, 2.45) is 5.92 Å². The highest BCUT2D eigenvalue weighted by molar-refractivity contribution is 9.09. The summed E-state index contributed by atoms with van der Waals surface area (Å²) in [6, 6.07) is 0. The first-order valence-corrected chi connectivity index (χ1v) is 5.18. The predicted octanol–water partition coefficient (Wildman–Crippen LogP) is 3.99. The molecule has 0 radical (unpaired) electrons. The van der Waals surface area contributed by atoms with Gasteiger partial charge in [-0.25, -0.2) is 0 Å². The van der Waals surface area contributed by atoms with Gasteiger partial charge in [-0.05, 0) is 12.3 Å². The molecular weight excluding hydrogens is 188 g/mol. The third-order valence-corrected chi connectivity index (χ3v) is 2.09. The van der Waals surface area contributed by atoms with Gasteiger partial charge in [0.2, 0.25) is 0 Å². The van der Waals surface area contributed by atoms with E-state index in [1.807, 2.05) is 0 Å². The van der Waals surface area contributed by atoms with Gasteiger partial charge in [-0.3, -0.25) is 0 Å². The van der Waals surface area contributed by atoms with Crippen LogP contribution >= 0.6 is 15.9 Å². The minimum atomic E-state index is 0.708. The van der Waals surface area contributed by atoms with Crippen LogP contribution in [0.1, 0.15) is 46.5 Å². The van der Waals surface area contributed by atoms with Crippen LogP contribution in [0.25, 0.3) is 0 Å². The van der Waals surface area contributed by atoms with Crippen LogP contribution in [-0.4, -0.2) is 4.83 Å². The monoisotopic (exact) mass is 206 g/mol. The average Bonchev–Trinajstić information content (AvgIpc) is 1.79. The SMILES string of the molecule is CC(C)CCCCC(C)Br. The first-order chi connectivity index (χ1) is 4.63. The number of unbranched alkanes of at least 4 members (excludes halogenated alkanes) is 1. The quantitative estimate of drug-likeness (QED) is 0.472. The van der Waals surface area contributed by atoms with Crippen LogP contribution in [0.3, 0.4) is 0 Å². The van der Waals surface area contributed by atoms with Crippen LogP contribution in [0.2, 0.25) is 0 Å². The average molecular weight is 207 g/mol. The van der Waals surface area contributed by atoms with E-state index >= 15 is 0 Å². The van der Waals surface area contributed by atoms with Gasteiger partial charge in [-0.1, -0.05) is 56.0 Å². The predicted molar refractivity (Wildman–Crippen MR) is 51.7 cm³/mol. The Labute approximate surface area is 73.5 Å². The van der Waals surface area contributed by atoms with Gasteiger partial charge < -0.3 is 0 Å². The third kappa shape index (κ3) is 8.48. The molecule has 0 bridgehead atoms. The summed E-state index contributed by atoms with van der Waals surface area (Å²) >= 11 is 3.54. The Morgan fingerprint density at radius 1 is 1.00 bits per heavy atom. The molecule has 0 rings (SSSR count). The molecule has 0 aliphatic rings. The molecule has 0 nitrogen and oxygen atoms in total. The maximum Gasteiger partial charge on any atom is 0.0117 e. The lowest BCUT2D eigenvalue weighted by Gasteiger charge is -2.04. The second-order valence-electron chi connectivity index (χ2n) is 3.46. The highest BCUT2D eigenvalue weighted by Gasteiger charge is 1.96. The van der Waals surface area contributed by atoms with E-state index in [0.29, 0.717) is 4.83 Å². The fourth-order valence-corrected chi connectivity index (χ4v) is 1.30. The summed E-state index contributed by atoms with van der Waals surface area (Å²) < 4.78 is 0. The normalized spacial score (nSPS) is 14.1. The van der Waals surface area contributed by atoms with E-state index in [9.17, 15) is 0 Å². The van der Waals surface area contributed by atoms with Crippen molar-refractivity contribution in [1.29, 1.82) is 0 Å². The number of rotatable bonds is 5. The summed E-state index contributed by atoms with van der Waals surface area (Å²) in [4.78, 5) is 0.708. The molecule has 0 spiro atoms. The zero-order valence-electron chi connectivity index (χ0n) is 7.36. The Bertz CT molecular complexity index is 57.1. The Balaban J connectivity index is 2.91. The van der Waals surface area contributed by atoms with Crippen molar-refractivity contribution < 1.29 is 0 Å². The molecule has 0 aliphatic heterocycles. The summed E-state index contributed by atoms with van der Waals surface area (Å²) in [6.07, 6.45) is 5.49. The molecule has 0 saturated carbocycles. The molecule has 0 fully saturated rings. The molecule has 10 heavy (non-hydrogen) atoms. The fourth-order valence-electron chi connectivity index (χ4n) is 0.978. The number of hydrogen-bond acceptors (Lipinski definition) is 0. The standard InChI is InChI=1S/C9H19Br/c1-8(2)6-4-5-7-9(3)10/h8-9H,4-7H2,1-3H3. The number of halogens is 1. The molecular formula is C9H19Br. The molecule has 0 aliphatic carbocycles. The van der Waals surface area contributed by atoms with Crippen LogP contribution < -0.4 is 0 Å². The van der Waals surface area contributed by atoms with E-state index in [4.69, 9.17) is 0 Å². The van der Waals surface area contributed by atoms with E-state index in [0.717, 1.165) is 5.92 Å². The highest BCUT2D eigenvalue weighted by Crippen LogP contribution is 2.12. The van der Waals surface area contributed by atoms with E-state index in [1.165, 1.54) is 25.7 Å². The molecule has 0 N–H and O–H groups in total. The lowest BCUT2D eigenvalue weighted by molar-refractivity contribution is 0.528. The van der Waals surface area contributed by atoms with Crippen LogP contribution in [0, 0.1) is 5.92 Å². The molecule has 1 unspecified atom stereocenters. The minimum absolute atomic E-state index is 0.708. The Morgan fingerprint density at radius 2 is 1.50 bits per heavy atom. The van der Waals surface area contributed by atoms with Crippen molar-refractivity contribution in [3.05, 3.63) is 0 Å². The van der Waals surface area contributed by atoms with Crippen LogP contribution in [-0.2, 0) is 0 Å². The van der Waals surface area contributed by atoms with Crippen molar-refractivity contribution >= 4 is 15.9 Å². The number of hydrogen-bond donors (Lipinski definition) is 0.